The molecule has 0 spiro atoms. The molecule has 3 rings (SSSR count). The number of nitrogens with zero attached hydrogens (tertiary/aromatic N) is 3. The number of rotatable bonds is 14. The topological polar surface area (TPSA) is 66.3 Å². The van der Waals surface area contributed by atoms with Gasteiger partial charge in [0.05, 0.1) is 11.4 Å². The molecule has 0 radical (unpaired) electrons. The molecular weight excluding hydrogens is 470 g/mol. The van der Waals surface area contributed by atoms with Crippen molar-refractivity contribution < 1.29 is 9.90 Å². The molecule has 0 bridgehead atoms. The van der Waals surface area contributed by atoms with Crippen LogP contribution in [0.3, 0.4) is 0 Å². The molecule has 0 unspecified atom stereocenters. The zero-order valence-corrected chi connectivity index (χ0v) is 22.1. The standard InChI is InChI=1S/C25H33N3O2S3/c1-4-5-6-7-11-15-28(23-27-21(18-31-23)19-12-9-8-10-13-19)16-14-20-17-32-24(26-20)33-25(2,3)22(29)30/h8-10,12-13,17-18H,4-7,11,14-16H2,1-3H3,(H,29,30). The molecule has 33 heavy (non-hydrogen) atoms. The molecule has 0 atom stereocenters. The van der Waals surface area contributed by atoms with Crippen LogP contribution in [0.1, 0.15) is 58.6 Å². The number of hydrogen-bond donors (Lipinski definition) is 1. The maximum Gasteiger partial charge on any atom is 0.319 e. The van der Waals surface area contributed by atoms with E-state index < -0.39 is 10.7 Å². The summed E-state index contributed by atoms with van der Waals surface area (Å²) in [5.41, 5.74) is 3.18. The van der Waals surface area contributed by atoms with Crippen LogP contribution in [0.5, 0.6) is 0 Å². The van der Waals surface area contributed by atoms with Gasteiger partial charge in [-0.05, 0) is 20.3 Å². The Morgan fingerprint density at radius 3 is 2.52 bits per heavy atom. The van der Waals surface area contributed by atoms with E-state index >= 15 is 0 Å². The Balaban J connectivity index is 1.65. The fourth-order valence-electron chi connectivity index (χ4n) is 3.32. The third-order valence-electron chi connectivity index (χ3n) is 5.39. The van der Waals surface area contributed by atoms with Gasteiger partial charge in [0.2, 0.25) is 0 Å². The third kappa shape index (κ3) is 7.83. The molecule has 2 aromatic heterocycles. The smallest absolute Gasteiger partial charge is 0.319 e. The maximum absolute atomic E-state index is 11.4. The molecule has 0 aliphatic rings. The zero-order valence-electron chi connectivity index (χ0n) is 19.6. The summed E-state index contributed by atoms with van der Waals surface area (Å²) in [6.07, 6.45) is 7.04. The van der Waals surface area contributed by atoms with Crippen LogP contribution in [0.15, 0.2) is 45.4 Å². The zero-order chi connectivity index (χ0) is 23.7. The lowest BCUT2D eigenvalue weighted by atomic mass is 10.1. The number of carboxylic acids is 1. The maximum atomic E-state index is 11.4. The highest BCUT2D eigenvalue weighted by molar-refractivity contribution is 8.03. The van der Waals surface area contributed by atoms with Gasteiger partial charge in [-0.25, -0.2) is 9.97 Å². The highest BCUT2D eigenvalue weighted by Crippen LogP contribution is 2.35. The largest absolute Gasteiger partial charge is 0.480 e. The number of thiazole rings is 2. The van der Waals surface area contributed by atoms with Gasteiger partial charge in [0.15, 0.2) is 9.47 Å². The first kappa shape index (κ1) is 25.7. The number of benzene rings is 1. The summed E-state index contributed by atoms with van der Waals surface area (Å²) < 4.78 is -0.0712. The molecule has 5 nitrogen and oxygen atoms in total. The fourth-order valence-corrected chi connectivity index (χ4v) is 6.44. The average Bonchev–Trinajstić information content (AvgIpc) is 3.46. The van der Waals surface area contributed by atoms with Crippen LogP contribution in [0.2, 0.25) is 0 Å². The fraction of sp³-hybridized carbons (Fsp3) is 0.480. The molecule has 0 aliphatic carbocycles. The van der Waals surface area contributed by atoms with E-state index in [9.17, 15) is 9.90 Å². The Labute approximate surface area is 209 Å². The summed E-state index contributed by atoms with van der Waals surface area (Å²) >= 11 is 4.54. The quantitative estimate of drug-likeness (QED) is 0.185. The second-order valence-electron chi connectivity index (χ2n) is 8.55. The number of unbranched alkanes of at least 4 members (excludes halogenated alkanes) is 4. The van der Waals surface area contributed by atoms with E-state index in [0.717, 1.165) is 52.4 Å². The molecular formula is C25H33N3O2S3. The highest BCUT2D eigenvalue weighted by Gasteiger charge is 2.29. The summed E-state index contributed by atoms with van der Waals surface area (Å²) in [6.45, 7) is 7.52. The number of hydrogen-bond acceptors (Lipinski definition) is 7. The summed E-state index contributed by atoms with van der Waals surface area (Å²) in [5, 5.41) is 14.6. The van der Waals surface area contributed by atoms with Crippen LogP contribution in [0.25, 0.3) is 11.3 Å². The summed E-state index contributed by atoms with van der Waals surface area (Å²) in [4.78, 5) is 23.4. The third-order valence-corrected chi connectivity index (χ3v) is 8.46. The van der Waals surface area contributed by atoms with Crippen molar-refractivity contribution in [1.82, 2.24) is 9.97 Å². The lowest BCUT2D eigenvalue weighted by Crippen LogP contribution is -2.27. The summed E-state index contributed by atoms with van der Waals surface area (Å²) in [5.74, 6) is -0.823. The van der Waals surface area contributed by atoms with Crippen molar-refractivity contribution in [3.63, 3.8) is 0 Å². The number of anilines is 1. The number of aromatic nitrogens is 2. The highest BCUT2D eigenvalue weighted by atomic mass is 32.2. The molecule has 8 heteroatoms. The van der Waals surface area contributed by atoms with Gasteiger partial charge in [0.25, 0.3) is 0 Å². The number of carbonyl (C=O) groups is 1. The lowest BCUT2D eigenvalue weighted by molar-refractivity contribution is -0.138. The Hall–Kier alpha value is -1.90. The molecule has 0 saturated heterocycles. The average molecular weight is 504 g/mol. The van der Waals surface area contributed by atoms with Crippen molar-refractivity contribution in [2.24, 2.45) is 0 Å². The van der Waals surface area contributed by atoms with Gasteiger partial charge in [0, 0.05) is 35.8 Å². The second kappa shape index (κ2) is 12.5. The van der Waals surface area contributed by atoms with Gasteiger partial charge in [-0.1, -0.05) is 74.7 Å². The first-order valence-corrected chi connectivity index (χ1v) is 14.1. The van der Waals surface area contributed by atoms with Crippen molar-refractivity contribution in [2.45, 2.75) is 68.4 Å². The van der Waals surface area contributed by atoms with Crippen molar-refractivity contribution in [3.8, 4) is 11.3 Å². The molecule has 0 saturated carbocycles. The van der Waals surface area contributed by atoms with Crippen molar-refractivity contribution in [2.75, 3.05) is 18.0 Å². The van der Waals surface area contributed by atoms with Gasteiger partial charge in [0.1, 0.15) is 4.75 Å². The first-order valence-electron chi connectivity index (χ1n) is 11.5. The predicted molar refractivity (Wildman–Crippen MR) is 142 cm³/mol. The van der Waals surface area contributed by atoms with Gasteiger partial charge in [-0.2, -0.15) is 0 Å². The Morgan fingerprint density at radius 1 is 1.03 bits per heavy atom. The minimum absolute atomic E-state index is 0.809. The van der Waals surface area contributed by atoms with Gasteiger partial charge < -0.3 is 10.0 Å². The lowest BCUT2D eigenvalue weighted by Gasteiger charge is -2.21. The number of carboxylic acid groups (broad SMARTS) is 1. The second-order valence-corrected chi connectivity index (χ2v) is 12.1. The van der Waals surface area contributed by atoms with Gasteiger partial charge in [-0.3, -0.25) is 4.79 Å². The predicted octanol–water partition coefficient (Wildman–Crippen LogP) is 7.24. The Kier molecular flexibility index (Phi) is 9.77. The van der Waals surface area contributed by atoms with E-state index in [1.165, 1.54) is 48.8 Å². The molecule has 2 heterocycles. The Morgan fingerprint density at radius 2 is 1.79 bits per heavy atom. The van der Waals surface area contributed by atoms with Gasteiger partial charge in [-0.15, -0.1) is 22.7 Å². The molecule has 0 fully saturated rings. The van der Waals surface area contributed by atoms with E-state index in [1.54, 1.807) is 25.2 Å². The van der Waals surface area contributed by atoms with Crippen LogP contribution in [-0.4, -0.2) is 38.9 Å². The van der Waals surface area contributed by atoms with Gasteiger partial charge >= 0.3 is 5.97 Å². The number of aliphatic carboxylic acids is 1. The van der Waals surface area contributed by atoms with Crippen LogP contribution in [0.4, 0.5) is 5.13 Å². The molecule has 0 aliphatic heterocycles. The summed E-state index contributed by atoms with van der Waals surface area (Å²) in [6, 6.07) is 10.3. The molecule has 1 N–H and O–H groups in total. The monoisotopic (exact) mass is 503 g/mol. The summed E-state index contributed by atoms with van der Waals surface area (Å²) in [7, 11) is 0. The van der Waals surface area contributed by atoms with E-state index in [2.05, 4.69) is 34.7 Å². The molecule has 0 amide bonds. The normalized spacial score (nSPS) is 11.6. The van der Waals surface area contributed by atoms with Crippen LogP contribution >= 0.6 is 34.4 Å². The Bertz CT molecular complexity index is 1000. The number of thioether (sulfide) groups is 1. The minimum atomic E-state index is -0.881. The van der Waals surface area contributed by atoms with Crippen molar-refractivity contribution >= 4 is 45.5 Å². The van der Waals surface area contributed by atoms with E-state index in [0.29, 0.717) is 0 Å². The van der Waals surface area contributed by atoms with Crippen molar-refractivity contribution in [1.29, 1.82) is 0 Å². The van der Waals surface area contributed by atoms with Crippen LogP contribution in [-0.2, 0) is 11.2 Å². The van der Waals surface area contributed by atoms with E-state index in [4.69, 9.17) is 9.97 Å². The SMILES string of the molecule is CCCCCCCN(CCc1csc(SC(C)(C)C(=O)O)n1)c1nc(-c2ccccc2)cs1. The molecule has 1 aromatic carbocycles. The van der Waals surface area contributed by atoms with E-state index in [-0.39, 0.29) is 0 Å². The van der Waals surface area contributed by atoms with Crippen LogP contribution in [0, 0.1) is 0 Å². The first-order chi connectivity index (χ1) is 15.9. The molecule has 3 aromatic rings. The minimum Gasteiger partial charge on any atom is -0.480 e. The van der Waals surface area contributed by atoms with Crippen molar-refractivity contribution in [3.05, 3.63) is 46.8 Å². The molecule has 178 valence electrons. The van der Waals surface area contributed by atoms with Crippen LogP contribution < -0.4 is 4.90 Å². The van der Waals surface area contributed by atoms with E-state index in [1.807, 2.05) is 18.2 Å².